The molecule has 7 nitrogen and oxygen atoms in total. The van der Waals surface area contributed by atoms with Gasteiger partial charge in [0.1, 0.15) is 24.2 Å². The van der Waals surface area contributed by atoms with Crippen LogP contribution in [-0.4, -0.2) is 38.6 Å². The van der Waals surface area contributed by atoms with Gasteiger partial charge in [-0.2, -0.15) is 4.98 Å². The number of aliphatic hydroxyl groups excluding tert-OH is 2. The summed E-state index contributed by atoms with van der Waals surface area (Å²) in [7, 11) is 0. The fourth-order valence-corrected chi connectivity index (χ4v) is 1.96. The number of aliphatic hydroxyl groups is 2. The number of halogens is 2. The van der Waals surface area contributed by atoms with Crippen LogP contribution in [0.2, 0.25) is 0 Å². The van der Waals surface area contributed by atoms with Gasteiger partial charge >= 0.3 is 5.69 Å². The highest BCUT2D eigenvalue weighted by atomic mass is 19.1. The fraction of sp³-hybridized carbons (Fsp3) is 0.333. The van der Waals surface area contributed by atoms with E-state index in [4.69, 9.17) is 15.6 Å². The molecule has 3 unspecified atom stereocenters. The van der Waals surface area contributed by atoms with Crippen LogP contribution in [0.3, 0.4) is 0 Å². The molecule has 1 aromatic heterocycles. The van der Waals surface area contributed by atoms with E-state index in [1.165, 1.54) is 0 Å². The second kappa shape index (κ2) is 6.01. The van der Waals surface area contributed by atoms with E-state index in [0.717, 1.165) is 16.9 Å². The van der Waals surface area contributed by atoms with Crippen molar-refractivity contribution < 1.29 is 23.7 Å². The Morgan fingerprint density at radius 3 is 2.90 bits per heavy atom. The first-order valence-corrected chi connectivity index (χ1v) is 5.78. The van der Waals surface area contributed by atoms with Crippen LogP contribution >= 0.6 is 0 Å². The minimum Gasteiger partial charge on any atom is -0.394 e. The Labute approximate surface area is 117 Å². The lowest BCUT2D eigenvalue weighted by Gasteiger charge is -2.15. The van der Waals surface area contributed by atoms with Crippen molar-refractivity contribution in [3.63, 3.8) is 0 Å². The second-order valence-corrected chi connectivity index (χ2v) is 4.21. The molecule has 4 N–H and O–H groups in total. The normalized spacial score (nSPS) is 26.7. The molecule has 2 rings (SSSR count). The lowest BCUT2D eigenvalue weighted by atomic mass is 10.1. The van der Waals surface area contributed by atoms with E-state index in [9.17, 15) is 18.7 Å². The van der Waals surface area contributed by atoms with E-state index >= 15 is 0 Å². The summed E-state index contributed by atoms with van der Waals surface area (Å²) in [6.45, 7) is -0.580. The fourth-order valence-electron chi connectivity index (χ4n) is 1.96. The van der Waals surface area contributed by atoms with Gasteiger partial charge in [0.05, 0.1) is 18.5 Å². The smallest absolute Gasteiger partial charge is 0.351 e. The van der Waals surface area contributed by atoms with Gasteiger partial charge in [0.25, 0.3) is 0 Å². The number of nitrogens with two attached hydrogens (primary N) is 1. The Morgan fingerprint density at radius 1 is 1.62 bits per heavy atom. The molecule has 112 valence electrons. The maximum atomic E-state index is 12.9. The van der Waals surface area contributed by atoms with Gasteiger partial charge in [-0.25, -0.2) is 9.18 Å². The number of aromatic nitrogens is 2. The SMILES string of the molecule is Nc1nc(=O)n(C2OC(CO)C(O)/C2=C\F)cc1C#CF. The second-order valence-electron chi connectivity index (χ2n) is 4.21. The molecule has 1 aromatic rings. The number of ether oxygens (including phenoxy) is 1. The summed E-state index contributed by atoms with van der Waals surface area (Å²) in [5.41, 5.74) is 4.14. The first-order chi connectivity index (χ1) is 10.0. The third-order valence-electron chi connectivity index (χ3n) is 3.00. The van der Waals surface area contributed by atoms with Gasteiger partial charge in [0.15, 0.2) is 6.23 Å². The highest BCUT2D eigenvalue weighted by Crippen LogP contribution is 2.33. The summed E-state index contributed by atoms with van der Waals surface area (Å²) >= 11 is 0. The molecule has 21 heavy (non-hydrogen) atoms. The van der Waals surface area contributed by atoms with Crippen molar-refractivity contribution in [2.75, 3.05) is 12.3 Å². The molecule has 0 aromatic carbocycles. The largest absolute Gasteiger partial charge is 0.394 e. The van der Waals surface area contributed by atoms with Crippen LogP contribution in [0, 0.1) is 12.1 Å². The van der Waals surface area contributed by atoms with Crippen molar-refractivity contribution in [3.8, 4) is 12.1 Å². The zero-order valence-corrected chi connectivity index (χ0v) is 10.5. The van der Waals surface area contributed by atoms with Gasteiger partial charge in [-0.15, -0.1) is 4.39 Å². The van der Waals surface area contributed by atoms with Crippen molar-refractivity contribution in [2.45, 2.75) is 18.4 Å². The summed E-state index contributed by atoms with van der Waals surface area (Å²) in [5, 5.41) is 18.8. The molecule has 9 heteroatoms. The molecular weight excluding hydrogens is 288 g/mol. The molecule has 1 aliphatic heterocycles. The average Bonchev–Trinajstić information content (AvgIpc) is 2.78. The highest BCUT2D eigenvalue weighted by molar-refractivity contribution is 5.48. The number of hydrogen-bond acceptors (Lipinski definition) is 6. The van der Waals surface area contributed by atoms with Crippen molar-refractivity contribution in [1.82, 2.24) is 9.55 Å². The van der Waals surface area contributed by atoms with E-state index in [0.29, 0.717) is 0 Å². The summed E-state index contributed by atoms with van der Waals surface area (Å²) in [6.07, 6.45) is -1.63. The number of nitrogen functional groups attached to an aromatic ring is 1. The van der Waals surface area contributed by atoms with Crippen LogP contribution in [0.25, 0.3) is 0 Å². The van der Waals surface area contributed by atoms with Gasteiger partial charge in [0.2, 0.25) is 0 Å². The monoisotopic (exact) mass is 299 g/mol. The van der Waals surface area contributed by atoms with Crippen molar-refractivity contribution in [3.05, 3.63) is 34.1 Å². The summed E-state index contributed by atoms with van der Waals surface area (Å²) in [4.78, 5) is 15.2. The summed E-state index contributed by atoms with van der Waals surface area (Å²) < 4.78 is 31.0. The lowest BCUT2D eigenvalue weighted by molar-refractivity contribution is -0.0447. The number of rotatable bonds is 2. The minimum absolute atomic E-state index is 0.0777. The molecule has 0 radical (unpaired) electrons. The molecule has 3 atom stereocenters. The molecule has 0 amide bonds. The van der Waals surface area contributed by atoms with E-state index in [2.05, 4.69) is 4.98 Å². The quantitative estimate of drug-likeness (QED) is 0.617. The molecule has 0 aliphatic carbocycles. The maximum Gasteiger partial charge on any atom is 0.351 e. The molecule has 1 aliphatic rings. The molecule has 0 saturated carbocycles. The molecular formula is C12H11F2N3O4. The first kappa shape index (κ1) is 15.1. The zero-order chi connectivity index (χ0) is 15.6. The predicted molar refractivity (Wildman–Crippen MR) is 67.1 cm³/mol. The van der Waals surface area contributed by atoms with Crippen LogP contribution in [-0.2, 0) is 4.74 Å². The van der Waals surface area contributed by atoms with Gasteiger partial charge in [-0.1, -0.05) is 0 Å². The van der Waals surface area contributed by atoms with E-state index in [1.54, 1.807) is 0 Å². The first-order valence-electron chi connectivity index (χ1n) is 5.78. The molecule has 0 bridgehead atoms. The Morgan fingerprint density at radius 2 is 2.33 bits per heavy atom. The van der Waals surface area contributed by atoms with Crippen LogP contribution in [0.4, 0.5) is 14.6 Å². The van der Waals surface area contributed by atoms with Crippen molar-refractivity contribution >= 4 is 5.82 Å². The minimum atomic E-state index is -1.43. The van der Waals surface area contributed by atoms with Gasteiger partial charge in [0, 0.05) is 11.8 Å². The van der Waals surface area contributed by atoms with Crippen LogP contribution < -0.4 is 11.4 Å². The number of nitrogens with zero attached hydrogens (tertiary/aromatic N) is 2. The molecule has 2 heterocycles. The maximum absolute atomic E-state index is 12.9. The standard InChI is InChI=1S/C12H11F2N3O4/c13-2-1-6-4-17(12(20)16-10(6)15)11-7(3-14)9(19)8(5-18)21-11/h3-4,8-9,11,18-19H,5H2,(H2,15,16,20)/b7-3+. The topological polar surface area (TPSA) is 111 Å². The van der Waals surface area contributed by atoms with Crippen LogP contribution in [0.1, 0.15) is 11.8 Å². The zero-order valence-electron chi connectivity index (χ0n) is 10.5. The van der Waals surface area contributed by atoms with Crippen molar-refractivity contribution in [2.24, 2.45) is 0 Å². The third kappa shape index (κ3) is 2.64. The van der Waals surface area contributed by atoms with Crippen LogP contribution in [0.5, 0.6) is 0 Å². The Bertz CT molecular complexity index is 692. The summed E-state index contributed by atoms with van der Waals surface area (Å²) in [6, 6.07) is 0. The van der Waals surface area contributed by atoms with Gasteiger partial charge < -0.3 is 20.7 Å². The van der Waals surface area contributed by atoms with Crippen molar-refractivity contribution in [1.29, 1.82) is 0 Å². The highest BCUT2D eigenvalue weighted by Gasteiger charge is 2.40. The summed E-state index contributed by atoms with van der Waals surface area (Å²) in [5.74, 6) is 1.70. The Balaban J connectivity index is 2.53. The third-order valence-corrected chi connectivity index (χ3v) is 3.00. The van der Waals surface area contributed by atoms with Gasteiger partial charge in [-0.05, 0) is 5.92 Å². The van der Waals surface area contributed by atoms with Gasteiger partial charge in [-0.3, -0.25) is 4.57 Å². The average molecular weight is 299 g/mol. The molecule has 1 saturated heterocycles. The van der Waals surface area contributed by atoms with Crippen LogP contribution in [0.15, 0.2) is 22.9 Å². The van der Waals surface area contributed by atoms with E-state index in [-0.39, 0.29) is 23.3 Å². The number of hydrogen-bond donors (Lipinski definition) is 3. The number of anilines is 1. The Kier molecular flexibility index (Phi) is 4.32. The Hall–Kier alpha value is -2.28. The van der Waals surface area contributed by atoms with E-state index in [1.807, 2.05) is 5.92 Å². The van der Waals surface area contributed by atoms with E-state index < -0.39 is 30.7 Å². The lowest BCUT2D eigenvalue weighted by Crippen LogP contribution is -2.29. The molecule has 1 fully saturated rings. The predicted octanol–water partition coefficient (Wildman–Crippen LogP) is -0.792. The molecule has 0 spiro atoms.